The van der Waals surface area contributed by atoms with Crippen molar-refractivity contribution in [1.82, 2.24) is 25.5 Å². The molecule has 1 fully saturated rings. The lowest BCUT2D eigenvalue weighted by molar-refractivity contribution is -0.119. The van der Waals surface area contributed by atoms with Crippen LogP contribution in [0.3, 0.4) is 0 Å². The fourth-order valence-electron chi connectivity index (χ4n) is 2.35. The van der Waals surface area contributed by atoms with Gasteiger partial charge in [-0.05, 0) is 42.4 Å². The van der Waals surface area contributed by atoms with Gasteiger partial charge in [0.1, 0.15) is 0 Å². The Kier molecular flexibility index (Phi) is 4.15. The van der Waals surface area contributed by atoms with Gasteiger partial charge in [0.25, 0.3) is 0 Å². The second kappa shape index (κ2) is 6.23. The van der Waals surface area contributed by atoms with Crippen LogP contribution >= 0.6 is 0 Å². The Morgan fingerprint density at radius 2 is 2.27 bits per heavy atom. The Labute approximate surface area is 129 Å². The number of tetrazole rings is 1. The maximum atomic E-state index is 12.1. The number of carbonyl (C=O) groups excluding carboxylic acids is 1. The quantitative estimate of drug-likeness (QED) is 0.844. The van der Waals surface area contributed by atoms with Crippen LogP contribution in [0.1, 0.15) is 25.8 Å². The number of nitrogens with zero attached hydrogens (tertiary/aromatic N) is 4. The highest BCUT2D eigenvalue weighted by Gasteiger charge is 2.28. The SMILES string of the molecule is CNCC(C)C(=O)Nc1cccc(-c2nnnn2C2CC2)c1. The van der Waals surface area contributed by atoms with Crippen LogP contribution in [0.25, 0.3) is 11.4 Å². The summed E-state index contributed by atoms with van der Waals surface area (Å²) in [5.74, 6) is 0.653. The van der Waals surface area contributed by atoms with Crippen molar-refractivity contribution in [2.24, 2.45) is 5.92 Å². The van der Waals surface area contributed by atoms with Gasteiger partial charge in [-0.15, -0.1) is 5.10 Å². The van der Waals surface area contributed by atoms with Crippen LogP contribution in [-0.2, 0) is 4.79 Å². The maximum Gasteiger partial charge on any atom is 0.228 e. The molecule has 0 spiro atoms. The van der Waals surface area contributed by atoms with Crippen LogP contribution in [0.2, 0.25) is 0 Å². The highest BCUT2D eigenvalue weighted by atomic mass is 16.1. The monoisotopic (exact) mass is 300 g/mol. The molecule has 0 saturated heterocycles. The highest BCUT2D eigenvalue weighted by Crippen LogP contribution is 2.36. The Balaban J connectivity index is 1.78. The van der Waals surface area contributed by atoms with Gasteiger partial charge in [0, 0.05) is 23.7 Å². The number of amides is 1. The van der Waals surface area contributed by atoms with Gasteiger partial charge in [-0.2, -0.15) is 0 Å². The third kappa shape index (κ3) is 3.14. The van der Waals surface area contributed by atoms with E-state index in [1.54, 1.807) is 0 Å². The van der Waals surface area contributed by atoms with Gasteiger partial charge in [-0.25, -0.2) is 4.68 Å². The summed E-state index contributed by atoms with van der Waals surface area (Å²) < 4.78 is 1.87. The molecule has 1 aliphatic carbocycles. The fourth-order valence-corrected chi connectivity index (χ4v) is 2.35. The summed E-state index contributed by atoms with van der Waals surface area (Å²) in [4.78, 5) is 12.1. The van der Waals surface area contributed by atoms with E-state index in [0.717, 1.165) is 29.9 Å². The van der Waals surface area contributed by atoms with Crippen molar-refractivity contribution in [3.8, 4) is 11.4 Å². The van der Waals surface area contributed by atoms with E-state index in [1.807, 2.05) is 42.9 Å². The topological polar surface area (TPSA) is 84.7 Å². The van der Waals surface area contributed by atoms with E-state index in [1.165, 1.54) is 0 Å². The number of nitrogens with one attached hydrogen (secondary N) is 2. The lowest BCUT2D eigenvalue weighted by Gasteiger charge is -2.12. The maximum absolute atomic E-state index is 12.1. The molecule has 22 heavy (non-hydrogen) atoms. The molecular weight excluding hydrogens is 280 g/mol. The fraction of sp³-hybridized carbons (Fsp3) is 0.467. The molecule has 0 aliphatic heterocycles. The third-order valence-corrected chi connectivity index (χ3v) is 3.73. The molecule has 0 bridgehead atoms. The van der Waals surface area contributed by atoms with Gasteiger partial charge in [0.2, 0.25) is 5.91 Å². The third-order valence-electron chi connectivity index (χ3n) is 3.73. The minimum atomic E-state index is -0.0922. The molecule has 7 heteroatoms. The van der Waals surface area contributed by atoms with Crippen molar-refractivity contribution in [2.45, 2.75) is 25.8 Å². The molecule has 1 aliphatic rings. The van der Waals surface area contributed by atoms with Crippen LogP contribution in [0, 0.1) is 5.92 Å². The summed E-state index contributed by atoms with van der Waals surface area (Å²) in [5, 5.41) is 17.9. The van der Waals surface area contributed by atoms with Gasteiger partial charge in [0.15, 0.2) is 5.82 Å². The normalized spacial score (nSPS) is 15.5. The zero-order valence-corrected chi connectivity index (χ0v) is 12.8. The molecular formula is C15H20N6O. The number of rotatable bonds is 6. The summed E-state index contributed by atoms with van der Waals surface area (Å²) in [5.41, 5.74) is 1.67. The smallest absolute Gasteiger partial charge is 0.228 e. The molecule has 1 aromatic carbocycles. The second-order valence-electron chi connectivity index (χ2n) is 5.71. The van der Waals surface area contributed by atoms with Crippen molar-refractivity contribution >= 4 is 11.6 Å². The second-order valence-corrected chi connectivity index (χ2v) is 5.71. The summed E-state index contributed by atoms with van der Waals surface area (Å²) >= 11 is 0. The first-order chi connectivity index (χ1) is 10.7. The molecule has 1 unspecified atom stereocenters. The predicted octanol–water partition coefficient (Wildman–Crippen LogP) is 1.47. The standard InChI is InChI=1S/C15H20N6O/c1-10(9-16-2)15(22)17-12-5-3-4-11(8-12)14-18-19-20-21(14)13-6-7-13/h3-5,8,10,13,16H,6-7,9H2,1-2H3,(H,17,22). The molecule has 0 radical (unpaired) electrons. The molecule has 7 nitrogen and oxygen atoms in total. The molecule has 1 atom stereocenters. The number of aromatic nitrogens is 4. The van der Waals surface area contributed by atoms with Crippen molar-refractivity contribution < 1.29 is 4.79 Å². The van der Waals surface area contributed by atoms with E-state index in [4.69, 9.17) is 0 Å². The first kappa shape index (κ1) is 14.6. The van der Waals surface area contributed by atoms with Gasteiger partial charge in [0.05, 0.1) is 6.04 Å². The van der Waals surface area contributed by atoms with Crippen LogP contribution in [-0.4, -0.2) is 39.7 Å². The minimum absolute atomic E-state index is 0.00622. The molecule has 3 rings (SSSR count). The van der Waals surface area contributed by atoms with E-state index in [2.05, 4.69) is 26.2 Å². The minimum Gasteiger partial charge on any atom is -0.326 e. The van der Waals surface area contributed by atoms with E-state index in [9.17, 15) is 4.79 Å². The van der Waals surface area contributed by atoms with Gasteiger partial charge in [-0.1, -0.05) is 19.1 Å². The predicted molar refractivity (Wildman–Crippen MR) is 83.2 cm³/mol. The number of hydrogen-bond donors (Lipinski definition) is 2. The molecule has 1 saturated carbocycles. The molecule has 2 aromatic rings. The van der Waals surface area contributed by atoms with Crippen LogP contribution in [0.5, 0.6) is 0 Å². The molecule has 2 N–H and O–H groups in total. The van der Waals surface area contributed by atoms with Gasteiger partial charge >= 0.3 is 0 Å². The molecule has 1 heterocycles. The number of hydrogen-bond acceptors (Lipinski definition) is 5. The lowest BCUT2D eigenvalue weighted by Crippen LogP contribution is -2.28. The summed E-state index contributed by atoms with van der Waals surface area (Å²) in [6.07, 6.45) is 2.24. The first-order valence-corrected chi connectivity index (χ1v) is 7.53. The van der Waals surface area contributed by atoms with Gasteiger partial charge in [-0.3, -0.25) is 4.79 Å². The zero-order chi connectivity index (χ0) is 15.5. The number of anilines is 1. The number of carbonyl (C=O) groups is 1. The van der Waals surface area contributed by atoms with Crippen molar-refractivity contribution in [3.63, 3.8) is 0 Å². The number of benzene rings is 1. The molecule has 1 amide bonds. The Morgan fingerprint density at radius 3 is 3.00 bits per heavy atom. The van der Waals surface area contributed by atoms with E-state index < -0.39 is 0 Å². The summed E-state index contributed by atoms with van der Waals surface area (Å²) in [6.45, 7) is 2.54. The molecule has 1 aromatic heterocycles. The lowest BCUT2D eigenvalue weighted by atomic mass is 10.1. The highest BCUT2D eigenvalue weighted by molar-refractivity contribution is 5.93. The largest absolute Gasteiger partial charge is 0.326 e. The summed E-state index contributed by atoms with van der Waals surface area (Å²) in [6, 6.07) is 8.06. The Morgan fingerprint density at radius 1 is 1.45 bits per heavy atom. The van der Waals surface area contributed by atoms with E-state index in [0.29, 0.717) is 12.6 Å². The van der Waals surface area contributed by atoms with Crippen molar-refractivity contribution in [2.75, 3.05) is 18.9 Å². The molecule has 116 valence electrons. The van der Waals surface area contributed by atoms with Crippen LogP contribution in [0.15, 0.2) is 24.3 Å². The zero-order valence-electron chi connectivity index (χ0n) is 12.8. The van der Waals surface area contributed by atoms with Crippen molar-refractivity contribution in [3.05, 3.63) is 24.3 Å². The van der Waals surface area contributed by atoms with Gasteiger partial charge < -0.3 is 10.6 Å². The van der Waals surface area contributed by atoms with Crippen LogP contribution in [0.4, 0.5) is 5.69 Å². The first-order valence-electron chi connectivity index (χ1n) is 7.53. The van der Waals surface area contributed by atoms with E-state index >= 15 is 0 Å². The van der Waals surface area contributed by atoms with Crippen molar-refractivity contribution in [1.29, 1.82) is 0 Å². The average Bonchev–Trinajstić information content (AvgIpc) is 3.24. The summed E-state index contributed by atoms with van der Waals surface area (Å²) in [7, 11) is 1.84. The Hall–Kier alpha value is -2.28. The average molecular weight is 300 g/mol. The Bertz CT molecular complexity index is 664. The van der Waals surface area contributed by atoms with Crippen LogP contribution < -0.4 is 10.6 Å². The van der Waals surface area contributed by atoms with E-state index in [-0.39, 0.29) is 11.8 Å².